The third kappa shape index (κ3) is 2.98. The van der Waals surface area contributed by atoms with Gasteiger partial charge in [-0.2, -0.15) is 0 Å². The Morgan fingerprint density at radius 3 is 2.30 bits per heavy atom. The lowest BCUT2D eigenvalue weighted by molar-refractivity contribution is -0.127. The number of ether oxygens (including phenoxy) is 1. The zero-order valence-electron chi connectivity index (χ0n) is 14.2. The minimum Gasteiger partial charge on any atom is -0.484 e. The molecule has 0 aliphatic heterocycles. The van der Waals surface area contributed by atoms with Crippen molar-refractivity contribution in [1.82, 2.24) is 5.32 Å². The lowest BCUT2D eigenvalue weighted by atomic mass is 9.54. The molecule has 0 aromatic heterocycles. The fraction of sp³-hybridized carbons (Fsp3) is 0.650. The van der Waals surface area contributed by atoms with Crippen LogP contribution in [0.3, 0.4) is 0 Å². The minimum absolute atomic E-state index is 0.0423. The summed E-state index contributed by atoms with van der Waals surface area (Å²) in [5, 5.41) is 3.29. The molecular formula is C20H27NO2. The highest BCUT2D eigenvalue weighted by molar-refractivity contribution is 5.78. The van der Waals surface area contributed by atoms with Gasteiger partial charge in [-0.25, -0.2) is 0 Å². The summed E-state index contributed by atoms with van der Waals surface area (Å²) in [6.45, 7) is 4.28. The first-order valence-corrected chi connectivity index (χ1v) is 9.08. The van der Waals surface area contributed by atoms with Gasteiger partial charge in [-0.15, -0.1) is 0 Å². The molecule has 0 atom stereocenters. The van der Waals surface area contributed by atoms with Crippen LogP contribution in [0.15, 0.2) is 18.2 Å². The lowest BCUT2D eigenvalue weighted by Crippen LogP contribution is -2.56. The quantitative estimate of drug-likeness (QED) is 0.922. The fourth-order valence-electron chi connectivity index (χ4n) is 5.34. The van der Waals surface area contributed by atoms with E-state index in [1.54, 1.807) is 0 Å². The number of nitrogens with one attached hydrogen (secondary N) is 1. The SMILES string of the molecule is Cc1ccc(OCC(=O)NC2C3CC4CC(C3)CC2C4)cc1C. The first-order chi connectivity index (χ1) is 11.1. The Labute approximate surface area is 138 Å². The first kappa shape index (κ1) is 15.0. The fourth-order valence-corrected chi connectivity index (χ4v) is 5.34. The summed E-state index contributed by atoms with van der Waals surface area (Å²) in [6, 6.07) is 6.39. The summed E-state index contributed by atoms with van der Waals surface area (Å²) in [7, 11) is 0. The summed E-state index contributed by atoms with van der Waals surface area (Å²) in [5.41, 5.74) is 2.44. The van der Waals surface area contributed by atoms with Crippen molar-refractivity contribution in [3.05, 3.63) is 29.3 Å². The molecule has 4 saturated carbocycles. The Kier molecular flexibility index (Phi) is 3.82. The number of carbonyl (C=O) groups excluding carboxylic acids is 1. The van der Waals surface area contributed by atoms with Crippen LogP contribution in [0.5, 0.6) is 5.75 Å². The van der Waals surface area contributed by atoms with E-state index in [9.17, 15) is 4.79 Å². The van der Waals surface area contributed by atoms with Gasteiger partial charge in [0.2, 0.25) is 0 Å². The van der Waals surface area contributed by atoms with Gasteiger partial charge in [0.25, 0.3) is 5.91 Å². The number of aryl methyl sites for hydroxylation is 2. The maximum atomic E-state index is 12.3. The van der Waals surface area contributed by atoms with Crippen molar-refractivity contribution in [2.75, 3.05) is 6.61 Å². The van der Waals surface area contributed by atoms with Gasteiger partial charge in [0.05, 0.1) is 0 Å². The minimum atomic E-state index is 0.0423. The van der Waals surface area contributed by atoms with Crippen LogP contribution in [0.2, 0.25) is 0 Å². The van der Waals surface area contributed by atoms with E-state index in [2.05, 4.69) is 19.2 Å². The Balaban J connectivity index is 1.32. The van der Waals surface area contributed by atoms with Gasteiger partial charge in [0.15, 0.2) is 6.61 Å². The molecule has 1 amide bonds. The van der Waals surface area contributed by atoms with Crippen molar-refractivity contribution in [2.24, 2.45) is 23.7 Å². The molecule has 4 fully saturated rings. The van der Waals surface area contributed by atoms with E-state index in [1.807, 2.05) is 18.2 Å². The molecule has 3 nitrogen and oxygen atoms in total. The van der Waals surface area contributed by atoms with Crippen LogP contribution in [-0.4, -0.2) is 18.6 Å². The second-order valence-electron chi connectivity index (χ2n) is 8.06. The second-order valence-corrected chi connectivity index (χ2v) is 8.06. The summed E-state index contributed by atoms with van der Waals surface area (Å²) in [6.07, 6.45) is 6.77. The van der Waals surface area contributed by atoms with Crippen molar-refractivity contribution in [3.8, 4) is 5.75 Å². The lowest BCUT2D eigenvalue weighted by Gasteiger charge is -2.54. The van der Waals surface area contributed by atoms with E-state index in [1.165, 1.54) is 43.2 Å². The number of amides is 1. The predicted octanol–water partition coefficient (Wildman–Crippen LogP) is 3.62. The van der Waals surface area contributed by atoms with Gasteiger partial charge in [-0.05, 0) is 92.9 Å². The van der Waals surface area contributed by atoms with Crippen LogP contribution in [0.4, 0.5) is 0 Å². The Bertz CT molecular complexity index is 582. The molecule has 124 valence electrons. The normalized spacial score (nSPS) is 34.4. The Hall–Kier alpha value is -1.51. The maximum Gasteiger partial charge on any atom is 0.258 e. The molecule has 0 unspecified atom stereocenters. The Morgan fingerprint density at radius 1 is 1.04 bits per heavy atom. The standard InChI is InChI=1S/C20H27NO2/c1-12-3-4-18(5-13(12)2)23-11-19(22)21-20-16-7-14-6-15(9-16)10-17(20)8-14/h3-5,14-17,20H,6-11H2,1-2H3,(H,21,22). The van der Waals surface area contributed by atoms with Crippen LogP contribution >= 0.6 is 0 Å². The second kappa shape index (κ2) is 5.85. The van der Waals surface area contributed by atoms with E-state index in [0.717, 1.165) is 29.4 Å². The molecule has 1 N–H and O–H groups in total. The maximum absolute atomic E-state index is 12.3. The van der Waals surface area contributed by atoms with Gasteiger partial charge < -0.3 is 10.1 Å². The summed E-state index contributed by atoms with van der Waals surface area (Å²) in [5.74, 6) is 4.15. The van der Waals surface area contributed by atoms with E-state index in [-0.39, 0.29) is 12.5 Å². The molecule has 0 saturated heterocycles. The van der Waals surface area contributed by atoms with Gasteiger partial charge in [0, 0.05) is 6.04 Å². The van der Waals surface area contributed by atoms with Crippen molar-refractivity contribution < 1.29 is 9.53 Å². The third-order valence-corrected chi connectivity index (χ3v) is 6.40. The Morgan fingerprint density at radius 2 is 1.70 bits per heavy atom. The molecule has 1 aromatic rings. The van der Waals surface area contributed by atoms with E-state index >= 15 is 0 Å². The largest absolute Gasteiger partial charge is 0.484 e. The molecule has 4 aliphatic carbocycles. The van der Waals surface area contributed by atoms with Crippen LogP contribution in [-0.2, 0) is 4.79 Å². The highest BCUT2D eigenvalue weighted by Crippen LogP contribution is 2.53. The summed E-state index contributed by atoms with van der Waals surface area (Å²) >= 11 is 0. The topological polar surface area (TPSA) is 38.3 Å². The van der Waals surface area contributed by atoms with Crippen LogP contribution in [0.1, 0.15) is 43.2 Å². The molecule has 3 heteroatoms. The average Bonchev–Trinajstić information content (AvgIpc) is 2.51. The number of carbonyl (C=O) groups is 1. The average molecular weight is 313 g/mol. The van der Waals surface area contributed by atoms with Gasteiger partial charge in [-0.3, -0.25) is 4.79 Å². The zero-order chi connectivity index (χ0) is 16.0. The van der Waals surface area contributed by atoms with Gasteiger partial charge in [0.1, 0.15) is 5.75 Å². The van der Waals surface area contributed by atoms with Gasteiger partial charge in [-0.1, -0.05) is 6.07 Å². The van der Waals surface area contributed by atoms with Crippen molar-refractivity contribution in [3.63, 3.8) is 0 Å². The highest BCUT2D eigenvalue weighted by Gasteiger charge is 2.48. The smallest absolute Gasteiger partial charge is 0.258 e. The van der Waals surface area contributed by atoms with E-state index in [4.69, 9.17) is 4.74 Å². The molecule has 5 rings (SSSR count). The molecular weight excluding hydrogens is 286 g/mol. The molecule has 4 bridgehead atoms. The number of hydrogen-bond acceptors (Lipinski definition) is 2. The number of benzene rings is 1. The first-order valence-electron chi connectivity index (χ1n) is 9.08. The number of rotatable bonds is 4. The van der Waals surface area contributed by atoms with Crippen molar-refractivity contribution in [2.45, 2.75) is 52.0 Å². The number of hydrogen-bond donors (Lipinski definition) is 1. The van der Waals surface area contributed by atoms with Crippen LogP contribution in [0.25, 0.3) is 0 Å². The summed E-state index contributed by atoms with van der Waals surface area (Å²) in [4.78, 5) is 12.3. The molecule has 1 aromatic carbocycles. The molecule has 0 radical (unpaired) electrons. The molecule has 23 heavy (non-hydrogen) atoms. The molecule has 0 heterocycles. The third-order valence-electron chi connectivity index (χ3n) is 6.40. The monoisotopic (exact) mass is 313 g/mol. The van der Waals surface area contributed by atoms with Gasteiger partial charge >= 0.3 is 0 Å². The molecule has 0 spiro atoms. The van der Waals surface area contributed by atoms with E-state index in [0.29, 0.717) is 6.04 Å². The summed E-state index contributed by atoms with van der Waals surface area (Å²) < 4.78 is 5.69. The zero-order valence-corrected chi connectivity index (χ0v) is 14.2. The highest BCUT2D eigenvalue weighted by atomic mass is 16.5. The predicted molar refractivity (Wildman–Crippen MR) is 90.4 cm³/mol. The van der Waals surface area contributed by atoms with E-state index < -0.39 is 0 Å². The molecule has 4 aliphatic rings. The van der Waals surface area contributed by atoms with Crippen molar-refractivity contribution in [1.29, 1.82) is 0 Å². The van der Waals surface area contributed by atoms with Crippen molar-refractivity contribution >= 4 is 5.91 Å². The van der Waals surface area contributed by atoms with Crippen LogP contribution in [0, 0.1) is 37.5 Å². The van der Waals surface area contributed by atoms with Crippen LogP contribution < -0.4 is 10.1 Å².